The highest BCUT2D eigenvalue weighted by Crippen LogP contribution is 2.26. The summed E-state index contributed by atoms with van der Waals surface area (Å²) in [4.78, 5) is 25.0. The second kappa shape index (κ2) is 7.67. The van der Waals surface area contributed by atoms with Crippen LogP contribution >= 0.6 is 11.6 Å². The molecule has 1 N–H and O–H groups in total. The van der Waals surface area contributed by atoms with Crippen molar-refractivity contribution in [2.75, 3.05) is 50.6 Å². The fourth-order valence-corrected chi connectivity index (χ4v) is 2.75. The Balaban J connectivity index is 1.79. The number of hydrogen-bond donors (Lipinski definition) is 1. The van der Waals surface area contributed by atoms with Crippen molar-refractivity contribution in [3.63, 3.8) is 0 Å². The van der Waals surface area contributed by atoms with Gasteiger partial charge in [-0.05, 0) is 31.3 Å². The molecule has 0 unspecified atom stereocenters. The third-order valence-corrected chi connectivity index (χ3v) is 4.41. The van der Waals surface area contributed by atoms with E-state index in [1.54, 1.807) is 30.5 Å². The molecule has 1 fully saturated rings. The van der Waals surface area contributed by atoms with Crippen LogP contribution < -0.4 is 10.2 Å². The van der Waals surface area contributed by atoms with Crippen molar-refractivity contribution in [1.82, 2.24) is 14.9 Å². The number of nitrogens with zero attached hydrogens (tertiary/aromatic N) is 4. The molecule has 7 nitrogen and oxygen atoms in total. The van der Waals surface area contributed by atoms with Gasteiger partial charge >= 0.3 is 5.97 Å². The number of aromatic nitrogens is 2. The fraction of sp³-hybridized carbons (Fsp3) is 0.353. The summed E-state index contributed by atoms with van der Waals surface area (Å²) < 4.78 is 4.74. The molecule has 1 aliphatic rings. The van der Waals surface area contributed by atoms with Gasteiger partial charge in [0.15, 0.2) is 0 Å². The highest BCUT2D eigenvalue weighted by molar-refractivity contribution is 6.33. The van der Waals surface area contributed by atoms with Crippen LogP contribution in [0.15, 0.2) is 30.5 Å². The van der Waals surface area contributed by atoms with Crippen molar-refractivity contribution in [2.45, 2.75) is 0 Å². The number of carbonyl (C=O) groups is 1. The molecule has 1 saturated heterocycles. The first-order chi connectivity index (χ1) is 12.1. The maximum Gasteiger partial charge on any atom is 0.337 e. The van der Waals surface area contributed by atoms with Crippen molar-refractivity contribution in [2.24, 2.45) is 0 Å². The van der Waals surface area contributed by atoms with E-state index in [2.05, 4.69) is 32.1 Å². The molecule has 1 aromatic carbocycles. The van der Waals surface area contributed by atoms with Crippen LogP contribution in [0.1, 0.15) is 10.4 Å². The lowest BCUT2D eigenvalue weighted by Crippen LogP contribution is -2.45. The molecule has 3 rings (SSSR count). The number of hydrogen-bond acceptors (Lipinski definition) is 7. The lowest BCUT2D eigenvalue weighted by atomic mass is 10.2. The molecule has 8 heteroatoms. The highest BCUT2D eigenvalue weighted by atomic mass is 35.5. The van der Waals surface area contributed by atoms with E-state index in [4.69, 9.17) is 16.3 Å². The third-order valence-electron chi connectivity index (χ3n) is 4.08. The van der Waals surface area contributed by atoms with Crippen LogP contribution in [0.2, 0.25) is 5.02 Å². The van der Waals surface area contributed by atoms with E-state index >= 15 is 0 Å². The number of carbonyl (C=O) groups excluding carboxylic acids is 1. The molecule has 0 bridgehead atoms. The molecule has 0 atom stereocenters. The fourth-order valence-electron chi connectivity index (χ4n) is 2.58. The average Bonchev–Trinajstić information content (AvgIpc) is 2.64. The van der Waals surface area contributed by atoms with Crippen LogP contribution in [0.25, 0.3) is 0 Å². The zero-order valence-corrected chi connectivity index (χ0v) is 15.0. The zero-order chi connectivity index (χ0) is 17.8. The number of anilines is 3. The highest BCUT2D eigenvalue weighted by Gasteiger charge is 2.17. The van der Waals surface area contributed by atoms with Crippen molar-refractivity contribution in [3.8, 4) is 0 Å². The van der Waals surface area contributed by atoms with Gasteiger partial charge in [0, 0.05) is 32.4 Å². The van der Waals surface area contributed by atoms with Crippen LogP contribution in [0.4, 0.5) is 17.5 Å². The molecule has 0 saturated carbocycles. The summed E-state index contributed by atoms with van der Waals surface area (Å²) in [6.07, 6.45) is 1.71. The van der Waals surface area contributed by atoms with Crippen molar-refractivity contribution >= 4 is 35.0 Å². The van der Waals surface area contributed by atoms with E-state index < -0.39 is 5.97 Å². The van der Waals surface area contributed by atoms with E-state index in [1.165, 1.54) is 7.11 Å². The summed E-state index contributed by atoms with van der Waals surface area (Å²) in [5, 5.41) is 3.64. The normalized spacial score (nSPS) is 15.1. The van der Waals surface area contributed by atoms with Gasteiger partial charge in [-0.3, -0.25) is 0 Å². The minimum atomic E-state index is -0.416. The Morgan fingerprint density at radius 2 is 2.00 bits per heavy atom. The van der Waals surface area contributed by atoms with Crippen LogP contribution in [0.5, 0.6) is 0 Å². The predicted octanol–water partition coefficient (Wildman–Crippen LogP) is 2.41. The Morgan fingerprint density at radius 3 is 2.72 bits per heavy atom. The molecule has 2 heterocycles. The Kier molecular flexibility index (Phi) is 5.35. The topological polar surface area (TPSA) is 70.6 Å². The van der Waals surface area contributed by atoms with E-state index in [9.17, 15) is 4.79 Å². The van der Waals surface area contributed by atoms with Gasteiger partial charge < -0.3 is 19.9 Å². The second-order valence-corrected chi connectivity index (χ2v) is 6.25. The van der Waals surface area contributed by atoms with Crippen LogP contribution in [-0.4, -0.2) is 61.2 Å². The maximum atomic E-state index is 11.7. The van der Waals surface area contributed by atoms with Gasteiger partial charge in [0.1, 0.15) is 5.82 Å². The van der Waals surface area contributed by atoms with E-state index in [-0.39, 0.29) is 0 Å². The number of benzene rings is 1. The number of methoxy groups -OCH3 is 1. The number of nitrogens with one attached hydrogen (secondary N) is 1. The summed E-state index contributed by atoms with van der Waals surface area (Å²) in [5.41, 5.74) is 1.01. The lowest BCUT2D eigenvalue weighted by molar-refractivity contribution is 0.0601. The van der Waals surface area contributed by atoms with Crippen molar-refractivity contribution in [3.05, 3.63) is 41.0 Å². The van der Waals surface area contributed by atoms with Gasteiger partial charge in [-0.2, -0.15) is 4.98 Å². The molecule has 2 aromatic rings. The molecule has 25 heavy (non-hydrogen) atoms. The van der Waals surface area contributed by atoms with Crippen LogP contribution in [-0.2, 0) is 4.74 Å². The molecule has 0 aliphatic carbocycles. The molecule has 0 radical (unpaired) electrons. The molecule has 0 spiro atoms. The summed E-state index contributed by atoms with van der Waals surface area (Å²) in [5.74, 6) is 0.881. The third kappa shape index (κ3) is 4.18. The first kappa shape index (κ1) is 17.4. The SMILES string of the molecule is COC(=O)c1ccc(Cl)c(Nc2ccnc(N3CCN(C)CC3)n2)c1. The van der Waals surface area contributed by atoms with E-state index in [0.29, 0.717) is 28.0 Å². The van der Waals surface area contributed by atoms with Gasteiger partial charge in [-0.15, -0.1) is 0 Å². The molecule has 1 aromatic heterocycles. The van der Waals surface area contributed by atoms with Crippen LogP contribution in [0, 0.1) is 0 Å². The minimum absolute atomic E-state index is 0.416. The standard InChI is InChI=1S/C17H20ClN5O2/c1-22-7-9-23(10-8-22)17-19-6-5-15(21-17)20-14-11-12(16(24)25-2)3-4-13(14)18/h3-6,11H,7-10H2,1-2H3,(H,19,20,21). The monoisotopic (exact) mass is 361 g/mol. The molecular formula is C17H20ClN5O2. The number of halogens is 1. The zero-order valence-electron chi connectivity index (χ0n) is 14.2. The number of ether oxygens (including phenoxy) is 1. The largest absolute Gasteiger partial charge is 0.465 e. The molecular weight excluding hydrogens is 342 g/mol. The quantitative estimate of drug-likeness (QED) is 0.838. The van der Waals surface area contributed by atoms with Gasteiger partial charge in [-0.1, -0.05) is 11.6 Å². The van der Waals surface area contributed by atoms with Gasteiger partial charge in [0.25, 0.3) is 0 Å². The summed E-state index contributed by atoms with van der Waals surface area (Å²) in [7, 11) is 3.45. The Morgan fingerprint density at radius 1 is 1.24 bits per heavy atom. The number of piperazine rings is 1. The number of likely N-dealkylation sites (N-methyl/N-ethyl adjacent to an activating group) is 1. The van der Waals surface area contributed by atoms with Gasteiger partial charge in [-0.25, -0.2) is 9.78 Å². The molecule has 1 aliphatic heterocycles. The van der Waals surface area contributed by atoms with E-state index in [1.807, 2.05) is 0 Å². The average molecular weight is 362 g/mol. The van der Waals surface area contributed by atoms with Gasteiger partial charge in [0.05, 0.1) is 23.4 Å². The second-order valence-electron chi connectivity index (χ2n) is 5.84. The van der Waals surface area contributed by atoms with Crippen molar-refractivity contribution < 1.29 is 9.53 Å². The first-order valence-corrected chi connectivity index (χ1v) is 8.36. The summed E-state index contributed by atoms with van der Waals surface area (Å²) in [6, 6.07) is 6.68. The number of esters is 1. The van der Waals surface area contributed by atoms with E-state index in [0.717, 1.165) is 26.2 Å². The first-order valence-electron chi connectivity index (χ1n) is 7.98. The minimum Gasteiger partial charge on any atom is -0.465 e. The Hall–Kier alpha value is -2.38. The summed E-state index contributed by atoms with van der Waals surface area (Å²) >= 11 is 6.22. The lowest BCUT2D eigenvalue weighted by Gasteiger charge is -2.32. The summed E-state index contributed by atoms with van der Waals surface area (Å²) in [6.45, 7) is 3.74. The predicted molar refractivity (Wildman–Crippen MR) is 97.8 cm³/mol. The molecule has 0 amide bonds. The number of rotatable bonds is 4. The Bertz CT molecular complexity index is 762. The maximum absolute atomic E-state index is 11.7. The molecule has 132 valence electrons. The van der Waals surface area contributed by atoms with Crippen LogP contribution in [0.3, 0.4) is 0 Å². The Labute approximate surface area is 151 Å². The van der Waals surface area contributed by atoms with Gasteiger partial charge in [0.2, 0.25) is 5.95 Å². The van der Waals surface area contributed by atoms with Crippen molar-refractivity contribution in [1.29, 1.82) is 0 Å². The smallest absolute Gasteiger partial charge is 0.337 e.